The summed E-state index contributed by atoms with van der Waals surface area (Å²) in [6.45, 7) is 5.74. The Hall–Kier alpha value is -1.13. The van der Waals surface area contributed by atoms with Gasteiger partial charge in [0.25, 0.3) is 0 Å². The second-order valence-electron chi connectivity index (χ2n) is 4.92. The highest BCUT2D eigenvalue weighted by Crippen LogP contribution is 2.21. The predicted octanol–water partition coefficient (Wildman–Crippen LogP) is 2.27. The smallest absolute Gasteiger partial charge is 0.179 e. The Morgan fingerprint density at radius 1 is 1.44 bits per heavy atom. The van der Waals surface area contributed by atoms with Crippen molar-refractivity contribution in [1.29, 1.82) is 0 Å². The average molecular weight is 265 g/mol. The van der Waals surface area contributed by atoms with Gasteiger partial charge in [0.2, 0.25) is 0 Å². The van der Waals surface area contributed by atoms with Gasteiger partial charge in [-0.15, -0.1) is 10.2 Å². The first-order valence-corrected chi connectivity index (χ1v) is 6.86. The lowest BCUT2D eigenvalue weighted by molar-refractivity contribution is 0.340. The third-order valence-electron chi connectivity index (χ3n) is 3.75. The quantitative estimate of drug-likeness (QED) is 0.853. The van der Waals surface area contributed by atoms with Crippen LogP contribution in [-0.2, 0) is 6.42 Å². The van der Waals surface area contributed by atoms with Crippen LogP contribution < -0.4 is 0 Å². The molecule has 1 aliphatic heterocycles. The number of hydrogen-bond acceptors (Lipinski definition) is 3. The first-order chi connectivity index (χ1) is 8.78. The van der Waals surface area contributed by atoms with E-state index < -0.39 is 0 Å². The van der Waals surface area contributed by atoms with Gasteiger partial charge in [0, 0.05) is 19.2 Å². The standard InChI is InChI=1S/C13H17ClN4/c1-2-17-7-5-10(9-17)8-12-15-16-13-11(14)4-3-6-18(12)13/h3-4,6,10H,2,5,7-9H2,1H3. The van der Waals surface area contributed by atoms with E-state index in [2.05, 4.69) is 22.0 Å². The average Bonchev–Trinajstić information content (AvgIpc) is 2.98. The summed E-state index contributed by atoms with van der Waals surface area (Å²) in [5.41, 5.74) is 0.763. The zero-order valence-electron chi connectivity index (χ0n) is 10.5. The van der Waals surface area contributed by atoms with Gasteiger partial charge in [-0.2, -0.15) is 0 Å². The lowest BCUT2D eigenvalue weighted by Crippen LogP contribution is -2.20. The van der Waals surface area contributed by atoms with Crippen LogP contribution in [0.25, 0.3) is 5.65 Å². The van der Waals surface area contributed by atoms with Crippen LogP contribution in [0.3, 0.4) is 0 Å². The Balaban J connectivity index is 1.81. The molecule has 2 aromatic rings. The molecule has 0 aliphatic carbocycles. The molecule has 1 unspecified atom stereocenters. The van der Waals surface area contributed by atoms with Crippen molar-refractivity contribution in [2.45, 2.75) is 19.8 Å². The molecule has 2 aromatic heterocycles. The molecule has 0 bridgehead atoms. The Bertz CT molecular complexity index is 551. The van der Waals surface area contributed by atoms with Gasteiger partial charge in [0.1, 0.15) is 5.82 Å². The molecule has 1 aliphatic rings. The minimum absolute atomic E-state index is 0.665. The van der Waals surface area contributed by atoms with Crippen LogP contribution in [0.2, 0.25) is 5.02 Å². The first-order valence-electron chi connectivity index (χ1n) is 6.48. The summed E-state index contributed by atoms with van der Waals surface area (Å²) >= 11 is 6.10. The molecule has 3 heterocycles. The zero-order valence-corrected chi connectivity index (χ0v) is 11.3. The van der Waals surface area contributed by atoms with E-state index in [1.165, 1.54) is 19.5 Å². The normalized spacial score (nSPS) is 20.9. The Morgan fingerprint density at radius 2 is 2.33 bits per heavy atom. The Labute approximate surface area is 112 Å². The van der Waals surface area contributed by atoms with E-state index in [1.807, 2.05) is 22.7 Å². The molecule has 5 heteroatoms. The SMILES string of the molecule is CCN1CCC(Cc2nnc3c(Cl)cccn23)C1. The number of rotatable bonds is 3. The molecule has 0 radical (unpaired) electrons. The van der Waals surface area contributed by atoms with E-state index in [9.17, 15) is 0 Å². The Kier molecular flexibility index (Phi) is 3.22. The molecule has 96 valence electrons. The summed E-state index contributed by atoms with van der Waals surface area (Å²) < 4.78 is 2.01. The zero-order chi connectivity index (χ0) is 12.5. The molecule has 0 spiro atoms. The number of likely N-dealkylation sites (tertiary alicyclic amines) is 1. The van der Waals surface area contributed by atoms with E-state index >= 15 is 0 Å². The predicted molar refractivity (Wildman–Crippen MR) is 71.9 cm³/mol. The lowest BCUT2D eigenvalue weighted by atomic mass is 10.0. The van der Waals surface area contributed by atoms with Crippen molar-refractivity contribution in [2.24, 2.45) is 5.92 Å². The summed E-state index contributed by atoms with van der Waals surface area (Å²) in [6.07, 6.45) is 4.23. The van der Waals surface area contributed by atoms with Crippen molar-refractivity contribution in [3.63, 3.8) is 0 Å². The topological polar surface area (TPSA) is 33.4 Å². The van der Waals surface area contributed by atoms with Gasteiger partial charge in [0.05, 0.1) is 5.02 Å². The lowest BCUT2D eigenvalue weighted by Gasteiger charge is -2.12. The maximum Gasteiger partial charge on any atom is 0.179 e. The van der Waals surface area contributed by atoms with E-state index in [1.54, 1.807) is 0 Å². The van der Waals surface area contributed by atoms with E-state index in [-0.39, 0.29) is 0 Å². The highest BCUT2D eigenvalue weighted by Gasteiger charge is 2.23. The van der Waals surface area contributed by atoms with Gasteiger partial charge in [0.15, 0.2) is 5.65 Å². The van der Waals surface area contributed by atoms with Crippen LogP contribution in [0.4, 0.5) is 0 Å². The van der Waals surface area contributed by atoms with Crippen molar-refractivity contribution >= 4 is 17.2 Å². The molecule has 18 heavy (non-hydrogen) atoms. The first kappa shape index (κ1) is 11.9. The number of fused-ring (bicyclic) bond motifs is 1. The van der Waals surface area contributed by atoms with Gasteiger partial charge in [-0.25, -0.2) is 0 Å². The molecule has 1 saturated heterocycles. The summed E-state index contributed by atoms with van der Waals surface area (Å²) in [5.74, 6) is 1.71. The van der Waals surface area contributed by atoms with E-state index in [0.29, 0.717) is 10.9 Å². The maximum absolute atomic E-state index is 6.10. The van der Waals surface area contributed by atoms with Crippen LogP contribution in [0, 0.1) is 5.92 Å². The summed E-state index contributed by atoms with van der Waals surface area (Å²) in [7, 11) is 0. The molecule has 0 amide bonds. The fraction of sp³-hybridized carbons (Fsp3) is 0.538. The molecular weight excluding hydrogens is 248 g/mol. The summed E-state index contributed by atoms with van der Waals surface area (Å²) in [4.78, 5) is 2.49. The van der Waals surface area contributed by atoms with Gasteiger partial charge in [-0.05, 0) is 37.6 Å². The van der Waals surface area contributed by atoms with Crippen LogP contribution >= 0.6 is 11.6 Å². The fourth-order valence-corrected chi connectivity index (χ4v) is 2.90. The van der Waals surface area contributed by atoms with Crippen LogP contribution in [-0.4, -0.2) is 39.1 Å². The van der Waals surface area contributed by atoms with Crippen LogP contribution in [0.15, 0.2) is 18.3 Å². The van der Waals surface area contributed by atoms with Gasteiger partial charge < -0.3 is 4.90 Å². The van der Waals surface area contributed by atoms with E-state index in [0.717, 1.165) is 24.4 Å². The number of aromatic nitrogens is 3. The third-order valence-corrected chi connectivity index (χ3v) is 4.04. The van der Waals surface area contributed by atoms with Crippen molar-refractivity contribution in [2.75, 3.05) is 19.6 Å². The summed E-state index contributed by atoms with van der Waals surface area (Å²) in [6, 6.07) is 3.79. The molecule has 4 nitrogen and oxygen atoms in total. The Morgan fingerprint density at radius 3 is 3.11 bits per heavy atom. The number of nitrogens with zero attached hydrogens (tertiary/aromatic N) is 4. The van der Waals surface area contributed by atoms with Crippen molar-refractivity contribution in [3.8, 4) is 0 Å². The second kappa shape index (κ2) is 4.86. The largest absolute Gasteiger partial charge is 0.303 e. The number of pyridine rings is 1. The van der Waals surface area contributed by atoms with Crippen molar-refractivity contribution < 1.29 is 0 Å². The maximum atomic E-state index is 6.10. The van der Waals surface area contributed by atoms with Crippen molar-refractivity contribution in [1.82, 2.24) is 19.5 Å². The molecule has 0 aromatic carbocycles. The summed E-state index contributed by atoms with van der Waals surface area (Å²) in [5, 5.41) is 9.11. The number of hydrogen-bond donors (Lipinski definition) is 0. The monoisotopic (exact) mass is 264 g/mol. The van der Waals surface area contributed by atoms with Gasteiger partial charge in [-0.3, -0.25) is 4.40 Å². The molecule has 1 fully saturated rings. The minimum atomic E-state index is 0.665. The van der Waals surface area contributed by atoms with Crippen molar-refractivity contribution in [3.05, 3.63) is 29.2 Å². The molecule has 3 rings (SSSR count). The van der Waals surface area contributed by atoms with Crippen LogP contribution in [0.5, 0.6) is 0 Å². The molecule has 1 atom stereocenters. The number of halogens is 1. The molecule has 0 N–H and O–H groups in total. The van der Waals surface area contributed by atoms with Crippen LogP contribution in [0.1, 0.15) is 19.2 Å². The molecule has 0 saturated carbocycles. The second-order valence-corrected chi connectivity index (χ2v) is 5.33. The fourth-order valence-electron chi connectivity index (χ4n) is 2.70. The van der Waals surface area contributed by atoms with E-state index in [4.69, 9.17) is 11.6 Å². The minimum Gasteiger partial charge on any atom is -0.303 e. The van der Waals surface area contributed by atoms with Gasteiger partial charge >= 0.3 is 0 Å². The highest BCUT2D eigenvalue weighted by atomic mass is 35.5. The molecular formula is C13H17ClN4. The third kappa shape index (κ3) is 2.10. The van der Waals surface area contributed by atoms with Gasteiger partial charge in [-0.1, -0.05) is 18.5 Å². The highest BCUT2D eigenvalue weighted by molar-refractivity contribution is 6.33.